The molecule has 0 heterocycles. The second kappa shape index (κ2) is 6.43. The molecule has 0 fully saturated rings. The molecule has 0 bridgehead atoms. The van der Waals surface area contributed by atoms with Gasteiger partial charge in [-0.05, 0) is 25.8 Å². The summed E-state index contributed by atoms with van der Waals surface area (Å²) in [7, 11) is 0. The van der Waals surface area contributed by atoms with E-state index in [0.717, 1.165) is 24.2 Å². The molecule has 1 aromatic carbocycles. The predicted molar refractivity (Wildman–Crippen MR) is 58.8 cm³/mol. The van der Waals surface area contributed by atoms with Crippen LogP contribution in [-0.4, -0.2) is 22.9 Å². The Bertz CT molecular complexity index is 284. The van der Waals surface area contributed by atoms with Crippen LogP contribution in [-0.2, 0) is 6.61 Å². The quantitative estimate of drug-likeness (QED) is 0.703. The fourth-order valence-electron chi connectivity index (χ4n) is 1.34. The van der Waals surface area contributed by atoms with Crippen LogP contribution in [0.1, 0.15) is 25.3 Å². The van der Waals surface area contributed by atoms with Gasteiger partial charge in [0, 0.05) is 5.56 Å². The third kappa shape index (κ3) is 4.32. The van der Waals surface area contributed by atoms with E-state index in [1.807, 2.05) is 24.3 Å². The average Bonchev–Trinajstić information content (AvgIpc) is 2.24. The molecule has 2 N–H and O–H groups in total. The zero-order valence-corrected chi connectivity index (χ0v) is 9.02. The molecule has 15 heavy (non-hydrogen) atoms. The van der Waals surface area contributed by atoms with Gasteiger partial charge in [0.1, 0.15) is 5.75 Å². The maximum Gasteiger partial charge on any atom is 0.124 e. The number of para-hydroxylation sites is 1. The summed E-state index contributed by atoms with van der Waals surface area (Å²) in [6.45, 7) is 2.33. The first kappa shape index (κ1) is 12.0. The lowest BCUT2D eigenvalue weighted by Gasteiger charge is -2.10. The van der Waals surface area contributed by atoms with E-state index in [9.17, 15) is 0 Å². The van der Waals surface area contributed by atoms with Gasteiger partial charge in [0.05, 0.1) is 19.3 Å². The van der Waals surface area contributed by atoms with Crippen molar-refractivity contribution in [3.63, 3.8) is 0 Å². The van der Waals surface area contributed by atoms with Crippen LogP contribution < -0.4 is 4.74 Å². The molecule has 0 saturated heterocycles. The first-order valence-corrected chi connectivity index (χ1v) is 5.23. The first-order chi connectivity index (χ1) is 7.24. The molecule has 0 saturated carbocycles. The SMILES string of the molecule is CC(O)CCCOc1ccccc1CO. The van der Waals surface area contributed by atoms with Gasteiger partial charge in [0.15, 0.2) is 0 Å². The van der Waals surface area contributed by atoms with E-state index in [2.05, 4.69) is 0 Å². The Morgan fingerprint density at radius 2 is 2.07 bits per heavy atom. The zero-order chi connectivity index (χ0) is 11.1. The summed E-state index contributed by atoms with van der Waals surface area (Å²) < 4.78 is 5.51. The maximum atomic E-state index is 9.05. The summed E-state index contributed by atoms with van der Waals surface area (Å²) in [6.07, 6.45) is 1.28. The van der Waals surface area contributed by atoms with Gasteiger partial charge in [-0.2, -0.15) is 0 Å². The van der Waals surface area contributed by atoms with Crippen LogP contribution in [0.3, 0.4) is 0 Å². The van der Waals surface area contributed by atoms with E-state index in [1.165, 1.54) is 0 Å². The Balaban J connectivity index is 2.36. The van der Waals surface area contributed by atoms with Crippen LogP contribution >= 0.6 is 0 Å². The summed E-state index contributed by atoms with van der Waals surface area (Å²) in [4.78, 5) is 0. The van der Waals surface area contributed by atoms with Crippen molar-refractivity contribution in [2.24, 2.45) is 0 Å². The van der Waals surface area contributed by atoms with Gasteiger partial charge in [-0.15, -0.1) is 0 Å². The number of hydrogen-bond donors (Lipinski definition) is 2. The molecule has 0 aliphatic carbocycles. The van der Waals surface area contributed by atoms with Crippen molar-refractivity contribution in [1.82, 2.24) is 0 Å². The van der Waals surface area contributed by atoms with Crippen molar-refractivity contribution in [3.8, 4) is 5.75 Å². The van der Waals surface area contributed by atoms with Crippen molar-refractivity contribution in [1.29, 1.82) is 0 Å². The van der Waals surface area contributed by atoms with Gasteiger partial charge in [-0.1, -0.05) is 18.2 Å². The Kier molecular flexibility index (Phi) is 5.15. The fraction of sp³-hybridized carbons (Fsp3) is 0.500. The average molecular weight is 210 g/mol. The normalized spacial score (nSPS) is 12.5. The third-order valence-electron chi connectivity index (χ3n) is 2.17. The highest BCUT2D eigenvalue weighted by Crippen LogP contribution is 2.17. The van der Waals surface area contributed by atoms with Crippen molar-refractivity contribution in [2.45, 2.75) is 32.5 Å². The Hall–Kier alpha value is -1.06. The van der Waals surface area contributed by atoms with Gasteiger partial charge in [0.25, 0.3) is 0 Å². The number of aliphatic hydroxyl groups excluding tert-OH is 2. The summed E-state index contributed by atoms with van der Waals surface area (Å²) in [5.41, 5.74) is 0.801. The molecule has 0 spiro atoms. The lowest BCUT2D eigenvalue weighted by molar-refractivity contribution is 0.169. The summed E-state index contributed by atoms with van der Waals surface area (Å²) in [5, 5.41) is 18.1. The van der Waals surface area contributed by atoms with Crippen molar-refractivity contribution in [2.75, 3.05) is 6.61 Å². The number of hydrogen-bond acceptors (Lipinski definition) is 3. The number of aliphatic hydroxyl groups is 2. The minimum atomic E-state index is -0.276. The van der Waals surface area contributed by atoms with Crippen molar-refractivity contribution >= 4 is 0 Å². The zero-order valence-electron chi connectivity index (χ0n) is 9.02. The van der Waals surface area contributed by atoms with E-state index >= 15 is 0 Å². The van der Waals surface area contributed by atoms with Crippen LogP contribution in [0.25, 0.3) is 0 Å². The molecular weight excluding hydrogens is 192 g/mol. The van der Waals surface area contributed by atoms with Gasteiger partial charge >= 0.3 is 0 Å². The molecule has 0 amide bonds. The van der Waals surface area contributed by atoms with Crippen LogP contribution in [0, 0.1) is 0 Å². The number of rotatable bonds is 6. The van der Waals surface area contributed by atoms with Gasteiger partial charge < -0.3 is 14.9 Å². The molecule has 0 aliphatic heterocycles. The number of ether oxygens (including phenoxy) is 1. The largest absolute Gasteiger partial charge is 0.493 e. The van der Waals surface area contributed by atoms with Crippen LogP contribution in [0.15, 0.2) is 24.3 Å². The van der Waals surface area contributed by atoms with Crippen LogP contribution in [0.4, 0.5) is 0 Å². The highest BCUT2D eigenvalue weighted by molar-refractivity contribution is 5.32. The predicted octanol–water partition coefficient (Wildman–Crippen LogP) is 1.72. The molecule has 0 radical (unpaired) electrons. The van der Waals surface area contributed by atoms with E-state index in [4.69, 9.17) is 14.9 Å². The molecule has 1 aromatic rings. The molecule has 1 unspecified atom stereocenters. The minimum Gasteiger partial charge on any atom is -0.493 e. The van der Waals surface area contributed by atoms with Gasteiger partial charge in [0.2, 0.25) is 0 Å². The molecular formula is C12H18O3. The molecule has 0 aliphatic rings. The Morgan fingerprint density at radius 3 is 2.73 bits per heavy atom. The van der Waals surface area contributed by atoms with Crippen molar-refractivity contribution < 1.29 is 14.9 Å². The lowest BCUT2D eigenvalue weighted by atomic mass is 10.2. The third-order valence-corrected chi connectivity index (χ3v) is 2.17. The maximum absolute atomic E-state index is 9.05. The molecule has 3 nitrogen and oxygen atoms in total. The standard InChI is InChI=1S/C12H18O3/c1-10(14)5-4-8-15-12-7-3-2-6-11(12)9-13/h2-3,6-7,10,13-14H,4-5,8-9H2,1H3. The summed E-state index contributed by atoms with van der Waals surface area (Å²) in [6, 6.07) is 7.43. The van der Waals surface area contributed by atoms with E-state index in [0.29, 0.717) is 6.61 Å². The Labute approximate surface area is 90.3 Å². The molecule has 1 rings (SSSR count). The summed E-state index contributed by atoms with van der Waals surface area (Å²) >= 11 is 0. The van der Waals surface area contributed by atoms with Gasteiger partial charge in [-0.25, -0.2) is 0 Å². The van der Waals surface area contributed by atoms with Crippen molar-refractivity contribution in [3.05, 3.63) is 29.8 Å². The van der Waals surface area contributed by atoms with E-state index in [-0.39, 0.29) is 12.7 Å². The second-order valence-corrected chi connectivity index (χ2v) is 3.61. The topological polar surface area (TPSA) is 49.7 Å². The smallest absolute Gasteiger partial charge is 0.124 e. The highest BCUT2D eigenvalue weighted by atomic mass is 16.5. The lowest BCUT2D eigenvalue weighted by Crippen LogP contribution is -2.05. The molecule has 3 heteroatoms. The first-order valence-electron chi connectivity index (χ1n) is 5.23. The number of benzene rings is 1. The highest BCUT2D eigenvalue weighted by Gasteiger charge is 2.01. The fourth-order valence-corrected chi connectivity index (χ4v) is 1.34. The van der Waals surface area contributed by atoms with Crippen LogP contribution in [0.5, 0.6) is 5.75 Å². The van der Waals surface area contributed by atoms with E-state index in [1.54, 1.807) is 6.92 Å². The van der Waals surface area contributed by atoms with Gasteiger partial charge in [-0.3, -0.25) is 0 Å². The van der Waals surface area contributed by atoms with E-state index < -0.39 is 0 Å². The molecule has 1 atom stereocenters. The monoisotopic (exact) mass is 210 g/mol. The Morgan fingerprint density at radius 1 is 1.33 bits per heavy atom. The van der Waals surface area contributed by atoms with Crippen LogP contribution in [0.2, 0.25) is 0 Å². The summed E-state index contributed by atoms with van der Waals surface area (Å²) in [5.74, 6) is 0.727. The second-order valence-electron chi connectivity index (χ2n) is 3.61. The molecule has 84 valence electrons. The molecule has 0 aromatic heterocycles. The minimum absolute atomic E-state index is 0.00736.